The monoisotopic (exact) mass is 244 g/mol. The van der Waals surface area contributed by atoms with Crippen molar-refractivity contribution >= 4 is 5.97 Å². The summed E-state index contributed by atoms with van der Waals surface area (Å²) in [4.78, 5) is 10.7. The highest BCUT2D eigenvalue weighted by molar-refractivity contribution is 5.86. The molecule has 18 heavy (non-hydrogen) atoms. The van der Waals surface area contributed by atoms with Gasteiger partial charge >= 0.3 is 5.97 Å². The molecule has 4 nitrogen and oxygen atoms in total. The molecule has 0 atom stereocenters. The van der Waals surface area contributed by atoms with Crippen LogP contribution >= 0.6 is 0 Å². The van der Waals surface area contributed by atoms with Crippen LogP contribution in [0.4, 0.5) is 0 Å². The van der Waals surface area contributed by atoms with Gasteiger partial charge in [0.25, 0.3) is 0 Å². The Balaban J connectivity index is 2.20. The van der Waals surface area contributed by atoms with Crippen LogP contribution in [0.15, 0.2) is 30.3 Å². The predicted molar refractivity (Wildman–Crippen MR) is 69.5 cm³/mol. The van der Waals surface area contributed by atoms with Crippen LogP contribution < -0.4 is 0 Å². The molecule has 0 aliphatic rings. The van der Waals surface area contributed by atoms with Gasteiger partial charge in [0.1, 0.15) is 5.69 Å². The van der Waals surface area contributed by atoms with Gasteiger partial charge in [0, 0.05) is 5.56 Å². The van der Waals surface area contributed by atoms with E-state index in [-0.39, 0.29) is 5.69 Å². The minimum absolute atomic E-state index is 0.108. The van der Waals surface area contributed by atoms with E-state index in [9.17, 15) is 4.79 Å². The number of aromatic nitrogens is 2. The van der Waals surface area contributed by atoms with E-state index in [2.05, 4.69) is 36.2 Å². The van der Waals surface area contributed by atoms with Crippen LogP contribution in [0.2, 0.25) is 0 Å². The highest BCUT2D eigenvalue weighted by Crippen LogP contribution is 2.19. The van der Waals surface area contributed by atoms with Crippen LogP contribution in [0.3, 0.4) is 0 Å². The van der Waals surface area contributed by atoms with Gasteiger partial charge in [-0.1, -0.05) is 38.1 Å². The molecule has 2 aromatic rings. The Bertz CT molecular complexity index is 541. The second-order valence-electron chi connectivity index (χ2n) is 4.77. The Labute approximate surface area is 106 Å². The third-order valence-corrected chi connectivity index (χ3v) is 2.70. The molecule has 0 aliphatic carbocycles. The summed E-state index contributed by atoms with van der Waals surface area (Å²) in [6, 6.07) is 9.60. The number of carboxylic acid groups (broad SMARTS) is 1. The van der Waals surface area contributed by atoms with E-state index in [4.69, 9.17) is 5.11 Å². The van der Waals surface area contributed by atoms with Crippen molar-refractivity contribution in [3.63, 3.8) is 0 Å². The van der Waals surface area contributed by atoms with Crippen LogP contribution in [0.5, 0.6) is 0 Å². The van der Waals surface area contributed by atoms with E-state index in [1.165, 1.54) is 5.56 Å². The van der Waals surface area contributed by atoms with Crippen LogP contribution in [0.25, 0.3) is 11.3 Å². The minimum Gasteiger partial charge on any atom is -0.477 e. The molecule has 1 heterocycles. The summed E-state index contributed by atoms with van der Waals surface area (Å²) in [5.74, 6) is -0.370. The van der Waals surface area contributed by atoms with Gasteiger partial charge in [-0.3, -0.25) is 5.10 Å². The number of rotatable bonds is 4. The SMILES string of the molecule is CC(C)Cc1ccc(-c2cc(C(=O)O)[nH]n2)cc1. The number of hydrogen-bond donors (Lipinski definition) is 2. The van der Waals surface area contributed by atoms with Crippen LogP contribution in [0.1, 0.15) is 29.9 Å². The van der Waals surface area contributed by atoms with Crippen molar-refractivity contribution in [3.05, 3.63) is 41.6 Å². The number of aromatic amines is 1. The molecule has 0 saturated carbocycles. The maximum Gasteiger partial charge on any atom is 0.353 e. The molecule has 4 heteroatoms. The molecule has 1 aromatic carbocycles. The first kappa shape index (κ1) is 12.4. The van der Waals surface area contributed by atoms with E-state index < -0.39 is 5.97 Å². The first-order chi connectivity index (χ1) is 8.56. The zero-order chi connectivity index (χ0) is 13.1. The third kappa shape index (κ3) is 2.77. The van der Waals surface area contributed by atoms with Crippen molar-refractivity contribution in [1.29, 1.82) is 0 Å². The Morgan fingerprint density at radius 3 is 2.50 bits per heavy atom. The second-order valence-corrected chi connectivity index (χ2v) is 4.77. The molecule has 0 radical (unpaired) electrons. The zero-order valence-electron chi connectivity index (χ0n) is 10.5. The molecule has 1 aromatic heterocycles. The summed E-state index contributed by atoms with van der Waals surface area (Å²) in [5, 5.41) is 15.3. The number of nitrogens with zero attached hydrogens (tertiary/aromatic N) is 1. The number of carboxylic acids is 1. The largest absolute Gasteiger partial charge is 0.477 e. The minimum atomic E-state index is -0.995. The van der Waals surface area contributed by atoms with E-state index >= 15 is 0 Å². The summed E-state index contributed by atoms with van der Waals surface area (Å²) < 4.78 is 0. The molecule has 0 unspecified atom stereocenters. The van der Waals surface area contributed by atoms with Gasteiger partial charge in [-0.05, 0) is 24.0 Å². The van der Waals surface area contributed by atoms with E-state index in [0.29, 0.717) is 11.6 Å². The lowest BCUT2D eigenvalue weighted by atomic mass is 10.0. The fraction of sp³-hybridized carbons (Fsp3) is 0.286. The van der Waals surface area contributed by atoms with Crippen LogP contribution in [0, 0.1) is 5.92 Å². The maximum absolute atomic E-state index is 10.7. The van der Waals surface area contributed by atoms with E-state index in [1.807, 2.05) is 12.1 Å². The van der Waals surface area contributed by atoms with Gasteiger partial charge in [-0.25, -0.2) is 4.79 Å². The van der Waals surface area contributed by atoms with Gasteiger partial charge in [-0.15, -0.1) is 0 Å². The summed E-state index contributed by atoms with van der Waals surface area (Å²) in [6.07, 6.45) is 1.04. The molecule has 2 rings (SSSR count). The van der Waals surface area contributed by atoms with Crippen LogP contribution in [-0.2, 0) is 6.42 Å². The lowest BCUT2D eigenvalue weighted by Crippen LogP contribution is -1.95. The van der Waals surface area contributed by atoms with E-state index in [0.717, 1.165) is 12.0 Å². The van der Waals surface area contributed by atoms with E-state index in [1.54, 1.807) is 6.07 Å². The van der Waals surface area contributed by atoms with Crippen molar-refractivity contribution < 1.29 is 9.90 Å². The first-order valence-electron chi connectivity index (χ1n) is 5.94. The molecule has 0 amide bonds. The Morgan fingerprint density at radius 2 is 2.00 bits per heavy atom. The molecule has 0 saturated heterocycles. The number of carbonyl (C=O) groups is 1. The quantitative estimate of drug-likeness (QED) is 0.868. The number of aromatic carboxylic acids is 1. The molecule has 0 fully saturated rings. The lowest BCUT2D eigenvalue weighted by Gasteiger charge is -2.05. The Kier molecular flexibility index (Phi) is 3.46. The smallest absolute Gasteiger partial charge is 0.353 e. The summed E-state index contributed by atoms with van der Waals surface area (Å²) in [6.45, 7) is 4.36. The molecule has 0 aliphatic heterocycles. The zero-order valence-corrected chi connectivity index (χ0v) is 10.5. The van der Waals surface area contributed by atoms with Crippen molar-refractivity contribution in [3.8, 4) is 11.3 Å². The highest BCUT2D eigenvalue weighted by atomic mass is 16.4. The number of hydrogen-bond acceptors (Lipinski definition) is 2. The van der Waals surface area contributed by atoms with Gasteiger partial charge in [0.05, 0.1) is 5.69 Å². The number of H-pyrrole nitrogens is 1. The first-order valence-corrected chi connectivity index (χ1v) is 5.94. The maximum atomic E-state index is 10.7. The molecule has 0 spiro atoms. The van der Waals surface area contributed by atoms with Crippen molar-refractivity contribution in [1.82, 2.24) is 10.2 Å². The van der Waals surface area contributed by atoms with Gasteiger partial charge in [0.15, 0.2) is 0 Å². The summed E-state index contributed by atoms with van der Waals surface area (Å²) in [7, 11) is 0. The fourth-order valence-electron chi connectivity index (χ4n) is 1.86. The Morgan fingerprint density at radius 1 is 1.33 bits per heavy atom. The summed E-state index contributed by atoms with van der Waals surface area (Å²) in [5.41, 5.74) is 2.97. The highest BCUT2D eigenvalue weighted by Gasteiger charge is 2.09. The van der Waals surface area contributed by atoms with Gasteiger partial charge in [0.2, 0.25) is 0 Å². The van der Waals surface area contributed by atoms with Gasteiger partial charge in [-0.2, -0.15) is 5.10 Å². The third-order valence-electron chi connectivity index (χ3n) is 2.70. The molecule has 2 N–H and O–H groups in total. The molecular weight excluding hydrogens is 228 g/mol. The summed E-state index contributed by atoms with van der Waals surface area (Å²) >= 11 is 0. The van der Waals surface area contributed by atoms with Crippen molar-refractivity contribution in [2.45, 2.75) is 20.3 Å². The molecule has 94 valence electrons. The molecular formula is C14H16N2O2. The predicted octanol–water partition coefficient (Wildman–Crippen LogP) is 2.97. The number of benzene rings is 1. The second kappa shape index (κ2) is 5.04. The van der Waals surface area contributed by atoms with Gasteiger partial charge < -0.3 is 5.11 Å². The average Bonchev–Trinajstić information content (AvgIpc) is 2.78. The lowest BCUT2D eigenvalue weighted by molar-refractivity contribution is 0.0690. The Hall–Kier alpha value is -2.10. The fourth-order valence-corrected chi connectivity index (χ4v) is 1.86. The van der Waals surface area contributed by atoms with Crippen molar-refractivity contribution in [2.24, 2.45) is 5.92 Å². The normalized spacial score (nSPS) is 10.8. The topological polar surface area (TPSA) is 66.0 Å². The standard InChI is InChI=1S/C14H16N2O2/c1-9(2)7-10-3-5-11(6-4-10)12-8-13(14(17)18)16-15-12/h3-6,8-9H,7H2,1-2H3,(H,15,16)(H,17,18). The van der Waals surface area contributed by atoms with Crippen LogP contribution in [-0.4, -0.2) is 21.3 Å². The average molecular weight is 244 g/mol. The number of nitrogens with one attached hydrogen (secondary N) is 1. The molecule has 0 bridgehead atoms. The van der Waals surface area contributed by atoms with Crippen molar-refractivity contribution in [2.75, 3.05) is 0 Å².